The summed E-state index contributed by atoms with van der Waals surface area (Å²) in [7, 11) is 1.67. The molecule has 0 saturated heterocycles. The quantitative estimate of drug-likeness (QED) is 0.208. The number of nitrogens with zero attached hydrogens (tertiary/aromatic N) is 1. The number of aryl methyl sites for hydroxylation is 1. The predicted octanol–water partition coefficient (Wildman–Crippen LogP) is 3.39. The Morgan fingerprint density at radius 2 is 1.93 bits per heavy atom. The molecule has 0 bridgehead atoms. The Hall–Kier alpha value is -1.06. The molecule has 0 radical (unpaired) electrons. The van der Waals surface area contributed by atoms with Crippen LogP contribution < -0.4 is 15.4 Å². The number of methoxy groups -OCH3 is 1. The first-order valence-corrected chi connectivity index (χ1v) is 10.0. The second kappa shape index (κ2) is 13.2. The van der Waals surface area contributed by atoms with Crippen molar-refractivity contribution in [2.75, 3.05) is 33.4 Å². The lowest BCUT2D eigenvalue weighted by Crippen LogP contribution is -2.48. The minimum Gasteiger partial charge on any atom is -0.491 e. The molecule has 0 spiro atoms. The van der Waals surface area contributed by atoms with Crippen molar-refractivity contribution in [2.24, 2.45) is 4.99 Å². The fraction of sp³-hybridized carbons (Fsp3) is 0.667. The van der Waals surface area contributed by atoms with Gasteiger partial charge in [-0.2, -0.15) is 0 Å². The Bertz CT molecular complexity index is 605. The van der Waals surface area contributed by atoms with Crippen molar-refractivity contribution in [1.82, 2.24) is 10.6 Å². The standard InChI is InChI=1S/C21H35N3O3.HI/c1-4-22-20(24-16-21(25)10-6-5-7-11-21)23-15-18-9-8-17(2)14-19(18)27-13-12-26-3;/h8-9,14,25H,4-7,10-13,15-16H2,1-3H3,(H2,22,23,24);1H. The van der Waals surface area contributed by atoms with Crippen LogP contribution in [0.25, 0.3) is 0 Å². The highest BCUT2D eigenvalue weighted by Crippen LogP contribution is 2.27. The van der Waals surface area contributed by atoms with Crippen molar-refractivity contribution < 1.29 is 14.6 Å². The van der Waals surface area contributed by atoms with Gasteiger partial charge in [-0.3, -0.25) is 0 Å². The average molecular weight is 505 g/mol. The Balaban J connectivity index is 0.00000392. The molecule has 7 heteroatoms. The molecule has 1 fully saturated rings. The van der Waals surface area contributed by atoms with Crippen LogP contribution in [0.3, 0.4) is 0 Å². The summed E-state index contributed by atoms with van der Waals surface area (Å²) in [6.45, 7) is 6.97. The summed E-state index contributed by atoms with van der Waals surface area (Å²) in [4.78, 5) is 4.69. The van der Waals surface area contributed by atoms with Crippen LogP contribution in [0.5, 0.6) is 5.75 Å². The molecule has 160 valence electrons. The van der Waals surface area contributed by atoms with E-state index in [1.54, 1.807) is 7.11 Å². The zero-order valence-electron chi connectivity index (χ0n) is 17.4. The normalized spacial score (nSPS) is 16.2. The smallest absolute Gasteiger partial charge is 0.191 e. The minimum atomic E-state index is -0.618. The van der Waals surface area contributed by atoms with Crippen LogP contribution >= 0.6 is 24.0 Å². The van der Waals surface area contributed by atoms with E-state index in [2.05, 4.69) is 27.8 Å². The van der Waals surface area contributed by atoms with Crippen molar-refractivity contribution in [2.45, 2.75) is 58.1 Å². The summed E-state index contributed by atoms with van der Waals surface area (Å²) in [6, 6.07) is 6.16. The maximum atomic E-state index is 10.7. The van der Waals surface area contributed by atoms with E-state index in [-0.39, 0.29) is 24.0 Å². The molecule has 0 unspecified atom stereocenters. The second-order valence-corrected chi connectivity index (χ2v) is 7.29. The minimum absolute atomic E-state index is 0. The van der Waals surface area contributed by atoms with Gasteiger partial charge >= 0.3 is 0 Å². The summed E-state index contributed by atoms with van der Waals surface area (Å²) < 4.78 is 10.9. The number of guanidine groups is 1. The molecule has 3 N–H and O–H groups in total. The molecule has 1 aromatic rings. The largest absolute Gasteiger partial charge is 0.491 e. The van der Waals surface area contributed by atoms with Crippen molar-refractivity contribution in [3.63, 3.8) is 0 Å². The van der Waals surface area contributed by atoms with E-state index in [4.69, 9.17) is 9.47 Å². The maximum Gasteiger partial charge on any atom is 0.191 e. The topological polar surface area (TPSA) is 75.1 Å². The summed E-state index contributed by atoms with van der Waals surface area (Å²) in [5.41, 5.74) is 1.57. The van der Waals surface area contributed by atoms with Gasteiger partial charge in [-0.15, -0.1) is 24.0 Å². The number of hydrogen-bond donors (Lipinski definition) is 3. The van der Waals surface area contributed by atoms with E-state index >= 15 is 0 Å². The number of aliphatic hydroxyl groups is 1. The third kappa shape index (κ3) is 8.53. The van der Waals surface area contributed by atoms with E-state index in [1.165, 1.54) is 6.42 Å². The number of ether oxygens (including phenoxy) is 2. The number of aliphatic imine (C=N–C) groups is 1. The molecular formula is C21H36IN3O3. The van der Waals surface area contributed by atoms with Crippen LogP contribution in [0.2, 0.25) is 0 Å². The van der Waals surface area contributed by atoms with Crippen molar-refractivity contribution in [3.8, 4) is 5.75 Å². The van der Waals surface area contributed by atoms with Gasteiger partial charge in [0, 0.05) is 25.8 Å². The van der Waals surface area contributed by atoms with Gasteiger partial charge < -0.3 is 25.2 Å². The molecule has 0 atom stereocenters. The molecule has 28 heavy (non-hydrogen) atoms. The lowest BCUT2D eigenvalue weighted by atomic mass is 9.85. The highest BCUT2D eigenvalue weighted by molar-refractivity contribution is 14.0. The van der Waals surface area contributed by atoms with Gasteiger partial charge in [0.05, 0.1) is 18.8 Å². The van der Waals surface area contributed by atoms with Gasteiger partial charge in [0.15, 0.2) is 5.96 Å². The summed E-state index contributed by atoms with van der Waals surface area (Å²) in [6.07, 6.45) is 5.12. The number of nitrogens with one attached hydrogen (secondary N) is 2. The van der Waals surface area contributed by atoms with Crippen LogP contribution in [0.1, 0.15) is 50.2 Å². The van der Waals surface area contributed by atoms with Crippen LogP contribution in [-0.2, 0) is 11.3 Å². The second-order valence-electron chi connectivity index (χ2n) is 7.29. The third-order valence-corrected chi connectivity index (χ3v) is 4.89. The van der Waals surface area contributed by atoms with E-state index in [9.17, 15) is 5.11 Å². The maximum absolute atomic E-state index is 10.7. The van der Waals surface area contributed by atoms with Crippen molar-refractivity contribution >= 4 is 29.9 Å². The zero-order chi connectivity index (χ0) is 19.5. The SMILES string of the molecule is CCNC(=NCc1ccc(C)cc1OCCOC)NCC1(O)CCCCC1.I. The summed E-state index contributed by atoms with van der Waals surface area (Å²) in [5, 5.41) is 17.3. The van der Waals surface area contributed by atoms with Gasteiger partial charge in [-0.1, -0.05) is 31.4 Å². The Labute approximate surface area is 186 Å². The average Bonchev–Trinajstić information content (AvgIpc) is 2.66. The summed E-state index contributed by atoms with van der Waals surface area (Å²) in [5.74, 6) is 1.57. The first-order valence-electron chi connectivity index (χ1n) is 10.0. The molecule has 0 heterocycles. The lowest BCUT2D eigenvalue weighted by Gasteiger charge is -2.32. The van der Waals surface area contributed by atoms with Crippen LogP contribution in [0.15, 0.2) is 23.2 Å². The van der Waals surface area contributed by atoms with Gasteiger partial charge in [-0.05, 0) is 38.3 Å². The van der Waals surface area contributed by atoms with Crippen molar-refractivity contribution in [3.05, 3.63) is 29.3 Å². The first-order chi connectivity index (χ1) is 13.1. The van der Waals surface area contributed by atoms with Crippen LogP contribution in [0, 0.1) is 6.92 Å². The Morgan fingerprint density at radius 1 is 1.18 bits per heavy atom. The van der Waals surface area contributed by atoms with E-state index in [0.29, 0.717) is 26.3 Å². The highest BCUT2D eigenvalue weighted by atomic mass is 127. The van der Waals surface area contributed by atoms with E-state index in [1.807, 2.05) is 19.9 Å². The molecular weight excluding hydrogens is 469 g/mol. The third-order valence-electron chi connectivity index (χ3n) is 4.89. The molecule has 1 aliphatic carbocycles. The molecule has 0 aromatic heterocycles. The monoisotopic (exact) mass is 505 g/mol. The van der Waals surface area contributed by atoms with E-state index < -0.39 is 5.60 Å². The highest BCUT2D eigenvalue weighted by Gasteiger charge is 2.29. The molecule has 1 saturated carbocycles. The fourth-order valence-corrected chi connectivity index (χ4v) is 3.30. The fourth-order valence-electron chi connectivity index (χ4n) is 3.30. The first kappa shape index (κ1) is 25.0. The number of halogens is 1. The Kier molecular flexibility index (Phi) is 11.8. The Morgan fingerprint density at radius 3 is 2.61 bits per heavy atom. The number of benzene rings is 1. The molecule has 1 aromatic carbocycles. The lowest BCUT2D eigenvalue weighted by molar-refractivity contribution is 0.00859. The zero-order valence-corrected chi connectivity index (χ0v) is 19.8. The van der Waals surface area contributed by atoms with E-state index in [0.717, 1.165) is 55.1 Å². The molecule has 1 aliphatic rings. The van der Waals surface area contributed by atoms with Gasteiger partial charge in [0.25, 0.3) is 0 Å². The molecule has 6 nitrogen and oxygen atoms in total. The van der Waals surface area contributed by atoms with Crippen molar-refractivity contribution in [1.29, 1.82) is 0 Å². The van der Waals surface area contributed by atoms with Gasteiger partial charge in [0.1, 0.15) is 12.4 Å². The number of rotatable bonds is 9. The molecule has 2 rings (SSSR count). The summed E-state index contributed by atoms with van der Waals surface area (Å²) >= 11 is 0. The molecule has 0 amide bonds. The van der Waals surface area contributed by atoms with Crippen LogP contribution in [-0.4, -0.2) is 50.1 Å². The van der Waals surface area contributed by atoms with Gasteiger partial charge in [0.2, 0.25) is 0 Å². The predicted molar refractivity (Wildman–Crippen MR) is 125 cm³/mol. The van der Waals surface area contributed by atoms with Crippen LogP contribution in [0.4, 0.5) is 0 Å². The number of hydrogen-bond acceptors (Lipinski definition) is 4. The molecule has 0 aliphatic heterocycles. The van der Waals surface area contributed by atoms with Gasteiger partial charge in [-0.25, -0.2) is 4.99 Å².